The van der Waals surface area contributed by atoms with Crippen LogP contribution in [0.15, 0.2) is 28.7 Å². The van der Waals surface area contributed by atoms with Crippen molar-refractivity contribution < 1.29 is 19.5 Å². The minimum absolute atomic E-state index is 0. The first-order valence-electron chi connectivity index (χ1n) is 7.25. The molecule has 0 saturated carbocycles. The molecular formula is C15H19BrClN3O4. The number of carboxylic acids is 1. The molecule has 1 saturated heterocycles. The molecule has 1 atom stereocenters. The van der Waals surface area contributed by atoms with Gasteiger partial charge in [0.1, 0.15) is 6.04 Å². The Kier molecular flexibility index (Phi) is 8.17. The van der Waals surface area contributed by atoms with Crippen molar-refractivity contribution in [2.75, 3.05) is 25.0 Å². The molecule has 24 heavy (non-hydrogen) atoms. The first-order chi connectivity index (χ1) is 11.0. The molecule has 1 heterocycles. The van der Waals surface area contributed by atoms with Crippen molar-refractivity contribution in [1.29, 1.82) is 0 Å². The number of halogens is 2. The Hall–Kier alpha value is -1.64. The summed E-state index contributed by atoms with van der Waals surface area (Å²) in [6, 6.07) is 6.54. The summed E-state index contributed by atoms with van der Waals surface area (Å²) in [4.78, 5) is 36.3. The van der Waals surface area contributed by atoms with Gasteiger partial charge < -0.3 is 15.7 Å². The second kappa shape index (κ2) is 9.61. The van der Waals surface area contributed by atoms with Crippen molar-refractivity contribution in [2.45, 2.75) is 18.9 Å². The third-order valence-electron chi connectivity index (χ3n) is 3.59. The zero-order valence-electron chi connectivity index (χ0n) is 12.8. The van der Waals surface area contributed by atoms with E-state index in [0.29, 0.717) is 18.7 Å². The van der Waals surface area contributed by atoms with E-state index in [1.54, 1.807) is 23.1 Å². The van der Waals surface area contributed by atoms with Crippen molar-refractivity contribution in [3.63, 3.8) is 0 Å². The molecule has 1 aliphatic heterocycles. The number of hydrogen-bond acceptors (Lipinski definition) is 4. The number of carboxylic acid groups (broad SMARTS) is 1. The van der Waals surface area contributed by atoms with Crippen LogP contribution in [-0.4, -0.2) is 53.5 Å². The number of nitrogens with zero attached hydrogens (tertiary/aromatic N) is 1. The molecule has 1 aliphatic rings. The summed E-state index contributed by atoms with van der Waals surface area (Å²) >= 11 is 3.32. The summed E-state index contributed by atoms with van der Waals surface area (Å²) < 4.78 is 0.751. The van der Waals surface area contributed by atoms with Gasteiger partial charge in [-0.1, -0.05) is 12.1 Å². The van der Waals surface area contributed by atoms with E-state index in [0.717, 1.165) is 10.9 Å². The summed E-state index contributed by atoms with van der Waals surface area (Å²) in [7, 11) is 0. The van der Waals surface area contributed by atoms with Gasteiger partial charge in [0.25, 0.3) is 0 Å². The standard InChI is InChI=1S/C15H18BrN3O4.ClH/c16-10-4-1-2-5-11(10)18-13(20)8-17-14(21)9-19-7-3-6-12(19)15(22)23;/h1-2,4-5,12H,3,6-9H2,(H,17,21)(H,18,20)(H,22,23);1H/t12-;/m0./s1. The first-order valence-corrected chi connectivity index (χ1v) is 8.04. The van der Waals surface area contributed by atoms with E-state index < -0.39 is 12.0 Å². The fourth-order valence-corrected chi connectivity index (χ4v) is 2.86. The predicted octanol–water partition coefficient (Wildman–Crippen LogP) is 1.47. The van der Waals surface area contributed by atoms with Gasteiger partial charge >= 0.3 is 5.97 Å². The van der Waals surface area contributed by atoms with Gasteiger partial charge in [0.2, 0.25) is 11.8 Å². The molecule has 2 amide bonds. The number of aliphatic carboxylic acids is 1. The minimum Gasteiger partial charge on any atom is -0.480 e. The molecule has 0 unspecified atom stereocenters. The molecule has 0 bridgehead atoms. The van der Waals surface area contributed by atoms with E-state index in [-0.39, 0.29) is 37.3 Å². The van der Waals surface area contributed by atoms with Gasteiger partial charge in [-0.05, 0) is 47.4 Å². The second-order valence-corrected chi connectivity index (χ2v) is 6.13. The lowest BCUT2D eigenvalue weighted by molar-refractivity contribution is -0.142. The van der Waals surface area contributed by atoms with E-state index in [1.165, 1.54) is 0 Å². The number of carbonyl (C=O) groups excluding carboxylic acids is 2. The molecule has 0 aromatic heterocycles. The fourth-order valence-electron chi connectivity index (χ4n) is 2.47. The zero-order valence-corrected chi connectivity index (χ0v) is 15.2. The van der Waals surface area contributed by atoms with E-state index in [1.807, 2.05) is 6.07 Å². The fraction of sp³-hybridized carbons (Fsp3) is 0.400. The van der Waals surface area contributed by atoms with Crippen LogP contribution in [0.3, 0.4) is 0 Å². The highest BCUT2D eigenvalue weighted by Crippen LogP contribution is 2.20. The number of carbonyl (C=O) groups is 3. The van der Waals surface area contributed by atoms with Gasteiger partial charge in [-0.25, -0.2) is 0 Å². The summed E-state index contributed by atoms with van der Waals surface area (Å²) in [6.07, 6.45) is 1.30. The maximum atomic E-state index is 11.9. The van der Waals surface area contributed by atoms with Crippen molar-refractivity contribution in [3.8, 4) is 0 Å². The molecule has 2 rings (SSSR count). The maximum absolute atomic E-state index is 11.9. The van der Waals surface area contributed by atoms with Crippen LogP contribution < -0.4 is 10.6 Å². The smallest absolute Gasteiger partial charge is 0.320 e. The quantitative estimate of drug-likeness (QED) is 0.647. The first kappa shape index (κ1) is 20.4. The monoisotopic (exact) mass is 419 g/mol. The molecular weight excluding hydrogens is 402 g/mol. The number of amides is 2. The lowest BCUT2D eigenvalue weighted by Gasteiger charge is -2.20. The van der Waals surface area contributed by atoms with Gasteiger partial charge in [-0.2, -0.15) is 0 Å². The molecule has 3 N–H and O–H groups in total. The predicted molar refractivity (Wildman–Crippen MR) is 95.3 cm³/mol. The van der Waals surface area contributed by atoms with Crippen molar-refractivity contribution in [3.05, 3.63) is 28.7 Å². The van der Waals surface area contributed by atoms with Crippen LogP contribution in [0, 0.1) is 0 Å². The Balaban J connectivity index is 0.00000288. The van der Waals surface area contributed by atoms with E-state index in [9.17, 15) is 14.4 Å². The normalized spacial score (nSPS) is 17.0. The third kappa shape index (κ3) is 5.77. The van der Waals surface area contributed by atoms with Crippen LogP contribution in [-0.2, 0) is 14.4 Å². The molecule has 7 nitrogen and oxygen atoms in total. The second-order valence-electron chi connectivity index (χ2n) is 5.27. The third-order valence-corrected chi connectivity index (χ3v) is 4.28. The molecule has 1 aromatic rings. The number of nitrogens with one attached hydrogen (secondary N) is 2. The Labute approximate surface area is 154 Å². The molecule has 0 spiro atoms. The molecule has 1 fully saturated rings. The van der Waals surface area contributed by atoms with Crippen molar-refractivity contribution in [1.82, 2.24) is 10.2 Å². The summed E-state index contributed by atoms with van der Waals surface area (Å²) in [5.74, 6) is -1.62. The Bertz CT molecular complexity index is 614. The van der Waals surface area contributed by atoms with Crippen molar-refractivity contribution in [2.24, 2.45) is 0 Å². The van der Waals surface area contributed by atoms with Gasteiger partial charge in [0.15, 0.2) is 0 Å². The number of hydrogen-bond donors (Lipinski definition) is 3. The van der Waals surface area contributed by atoms with E-state index in [2.05, 4.69) is 26.6 Å². The average Bonchev–Trinajstić information content (AvgIpc) is 2.96. The van der Waals surface area contributed by atoms with E-state index >= 15 is 0 Å². The lowest BCUT2D eigenvalue weighted by atomic mass is 10.2. The summed E-state index contributed by atoms with van der Waals surface area (Å²) in [5.41, 5.74) is 0.622. The summed E-state index contributed by atoms with van der Waals surface area (Å²) in [6.45, 7) is 0.401. The number of likely N-dealkylation sites (tertiary alicyclic amines) is 1. The Morgan fingerprint density at radius 3 is 2.62 bits per heavy atom. The minimum atomic E-state index is -0.915. The molecule has 0 radical (unpaired) electrons. The highest BCUT2D eigenvalue weighted by molar-refractivity contribution is 9.10. The van der Waals surface area contributed by atoms with Crippen LogP contribution >= 0.6 is 28.3 Å². The topological polar surface area (TPSA) is 98.7 Å². The number of para-hydroxylation sites is 1. The SMILES string of the molecule is Cl.O=C(CN1CCC[C@H]1C(=O)O)NCC(=O)Nc1ccccc1Br. The molecule has 9 heteroatoms. The number of benzene rings is 1. The largest absolute Gasteiger partial charge is 0.480 e. The van der Waals surface area contributed by atoms with Gasteiger partial charge in [-0.15, -0.1) is 12.4 Å². The Morgan fingerprint density at radius 1 is 1.25 bits per heavy atom. The number of anilines is 1. The zero-order chi connectivity index (χ0) is 16.8. The van der Waals surface area contributed by atoms with Crippen molar-refractivity contribution >= 4 is 51.8 Å². The van der Waals surface area contributed by atoms with Crippen LogP contribution in [0.4, 0.5) is 5.69 Å². The molecule has 132 valence electrons. The number of rotatable bonds is 6. The average molecular weight is 421 g/mol. The highest BCUT2D eigenvalue weighted by Gasteiger charge is 2.31. The van der Waals surface area contributed by atoms with Gasteiger partial charge in [-0.3, -0.25) is 19.3 Å². The van der Waals surface area contributed by atoms with Crippen LogP contribution in [0.2, 0.25) is 0 Å². The summed E-state index contributed by atoms with van der Waals surface area (Å²) in [5, 5.41) is 14.2. The highest BCUT2D eigenvalue weighted by atomic mass is 79.9. The van der Waals surface area contributed by atoms with Crippen LogP contribution in [0.5, 0.6) is 0 Å². The molecule has 1 aromatic carbocycles. The Morgan fingerprint density at radius 2 is 1.96 bits per heavy atom. The lowest BCUT2D eigenvalue weighted by Crippen LogP contribution is -2.44. The van der Waals surface area contributed by atoms with E-state index in [4.69, 9.17) is 5.11 Å². The van der Waals surface area contributed by atoms with Gasteiger partial charge in [0, 0.05) is 4.47 Å². The van der Waals surface area contributed by atoms with Gasteiger partial charge in [0.05, 0.1) is 18.8 Å². The maximum Gasteiger partial charge on any atom is 0.320 e. The van der Waals surface area contributed by atoms with Crippen LogP contribution in [0.25, 0.3) is 0 Å². The van der Waals surface area contributed by atoms with Crippen LogP contribution in [0.1, 0.15) is 12.8 Å². The molecule has 0 aliphatic carbocycles.